The van der Waals surface area contributed by atoms with Crippen molar-refractivity contribution in [2.45, 2.75) is 19.3 Å². The van der Waals surface area contributed by atoms with Crippen LogP contribution in [0.25, 0.3) is 12.2 Å². The number of carbonyl (C=O) groups is 1. The largest absolute Gasteiger partial charge is 0.480 e. The summed E-state index contributed by atoms with van der Waals surface area (Å²) in [6.07, 6.45) is 6.39. The summed E-state index contributed by atoms with van der Waals surface area (Å²) < 4.78 is 10.6. The van der Waals surface area contributed by atoms with E-state index >= 15 is 0 Å². The van der Waals surface area contributed by atoms with Crippen molar-refractivity contribution in [2.24, 2.45) is 0 Å². The van der Waals surface area contributed by atoms with Crippen LogP contribution in [0.5, 0.6) is 11.5 Å². The first kappa shape index (κ1) is 17.9. The third-order valence-electron chi connectivity index (χ3n) is 4.23. The first-order chi connectivity index (χ1) is 12.2. The van der Waals surface area contributed by atoms with E-state index in [0.29, 0.717) is 0 Å². The van der Waals surface area contributed by atoms with Gasteiger partial charge in [-0.25, -0.2) is 0 Å². The van der Waals surface area contributed by atoms with Crippen LogP contribution < -0.4 is 9.05 Å². The minimum atomic E-state index is 0.100. The number of hydrogen-bond donors (Lipinski definition) is 0. The fraction of sp³-hybridized carbons (Fsp3) is 0.150. The van der Waals surface area contributed by atoms with Gasteiger partial charge < -0.3 is 9.05 Å². The molecule has 1 saturated carbocycles. The summed E-state index contributed by atoms with van der Waals surface area (Å²) in [5, 5.41) is 0. The van der Waals surface area contributed by atoms with Gasteiger partial charge in [-0.15, -0.1) is 0 Å². The maximum Gasteiger partial charge on any atom is 0.185 e. The highest BCUT2D eigenvalue weighted by atomic mass is 31.0. The number of benzene rings is 2. The number of allylic oxidation sites excluding steroid dienone is 2. The van der Waals surface area contributed by atoms with E-state index in [1.807, 2.05) is 60.7 Å². The topological polar surface area (TPSA) is 35.5 Å². The Morgan fingerprint density at radius 3 is 1.64 bits per heavy atom. The van der Waals surface area contributed by atoms with E-state index in [1.54, 1.807) is 0 Å². The molecule has 0 N–H and O–H groups in total. The lowest BCUT2D eigenvalue weighted by Crippen LogP contribution is -2.12. The molecule has 3 rings (SSSR count). The summed E-state index contributed by atoms with van der Waals surface area (Å²) in [7, 11) is 4.51. The lowest BCUT2D eigenvalue weighted by molar-refractivity contribution is -0.112. The van der Waals surface area contributed by atoms with Crippen molar-refractivity contribution in [3.05, 3.63) is 70.8 Å². The molecule has 0 bridgehead atoms. The average molecular weight is 370 g/mol. The van der Waals surface area contributed by atoms with Gasteiger partial charge in [0, 0.05) is 22.3 Å². The SMILES string of the molecule is O=C1/C(=C/c2ccccc2OP)CCC/C1=C\c1ccccc1OP. The van der Waals surface area contributed by atoms with Crippen LogP contribution in [0.3, 0.4) is 0 Å². The van der Waals surface area contributed by atoms with Gasteiger partial charge in [0.05, 0.1) is 18.9 Å². The molecule has 128 valence electrons. The Kier molecular flexibility index (Phi) is 6.02. The molecule has 0 aromatic heterocycles. The highest BCUT2D eigenvalue weighted by Gasteiger charge is 2.21. The van der Waals surface area contributed by atoms with Crippen molar-refractivity contribution in [3.8, 4) is 11.5 Å². The lowest BCUT2D eigenvalue weighted by atomic mass is 9.86. The first-order valence-electron chi connectivity index (χ1n) is 8.10. The smallest absolute Gasteiger partial charge is 0.185 e. The molecule has 25 heavy (non-hydrogen) atoms. The summed E-state index contributed by atoms with van der Waals surface area (Å²) >= 11 is 0. The second kappa shape index (κ2) is 8.43. The first-order valence-corrected chi connectivity index (χ1v) is 9.04. The summed E-state index contributed by atoms with van der Waals surface area (Å²) in [5.74, 6) is 1.58. The molecular formula is C20H20O3P2. The van der Waals surface area contributed by atoms with Gasteiger partial charge in [-0.1, -0.05) is 36.4 Å². The molecule has 0 amide bonds. The standard InChI is InChI=1S/C20H20O3P2/c21-20-16(12-14-6-1-3-10-18(14)22-24)8-5-9-17(20)13-15-7-2-4-11-19(15)23-25/h1-4,6-7,10-13H,5,8-9,24-25H2/b16-12+,17-13+. The van der Waals surface area contributed by atoms with Gasteiger partial charge in [0.1, 0.15) is 11.5 Å². The minimum absolute atomic E-state index is 0.100. The second-order valence-corrected chi connectivity index (χ2v) is 6.30. The van der Waals surface area contributed by atoms with Crippen LogP contribution in [-0.2, 0) is 4.79 Å². The Morgan fingerprint density at radius 2 is 1.20 bits per heavy atom. The number of carbonyl (C=O) groups excluding carboxylic acids is 1. The number of Topliss-reactive ketones (excluding diaryl/α,β-unsaturated/α-hetero) is 1. The van der Waals surface area contributed by atoms with Gasteiger partial charge in [0.25, 0.3) is 0 Å². The Bertz CT molecular complexity index is 773. The quantitative estimate of drug-likeness (QED) is 0.545. The molecule has 0 radical (unpaired) electrons. The summed E-state index contributed by atoms with van der Waals surface area (Å²) in [5.41, 5.74) is 3.46. The molecule has 0 aliphatic heterocycles. The molecule has 0 heterocycles. The van der Waals surface area contributed by atoms with Crippen molar-refractivity contribution in [1.29, 1.82) is 0 Å². The molecular weight excluding hydrogens is 350 g/mol. The number of hydrogen-bond acceptors (Lipinski definition) is 3. The highest BCUT2D eigenvalue weighted by molar-refractivity contribution is 7.10. The van der Waals surface area contributed by atoms with E-state index in [1.165, 1.54) is 0 Å². The van der Waals surface area contributed by atoms with Crippen molar-refractivity contribution in [2.75, 3.05) is 0 Å². The Hall–Kier alpha value is -1.95. The Morgan fingerprint density at radius 1 is 0.760 bits per heavy atom. The second-order valence-electron chi connectivity index (χ2n) is 5.83. The average Bonchev–Trinajstić information content (AvgIpc) is 2.66. The highest BCUT2D eigenvalue weighted by Crippen LogP contribution is 2.32. The molecule has 5 heteroatoms. The van der Waals surface area contributed by atoms with E-state index in [-0.39, 0.29) is 5.78 Å². The van der Waals surface area contributed by atoms with Crippen LogP contribution in [0.4, 0.5) is 0 Å². The van der Waals surface area contributed by atoms with Crippen LogP contribution >= 0.6 is 18.9 Å². The summed E-state index contributed by atoms with van der Waals surface area (Å²) in [6, 6.07) is 15.4. The van der Waals surface area contributed by atoms with Crippen molar-refractivity contribution in [3.63, 3.8) is 0 Å². The maximum absolute atomic E-state index is 12.9. The number of rotatable bonds is 4. The van der Waals surface area contributed by atoms with Crippen LogP contribution in [0, 0.1) is 0 Å². The van der Waals surface area contributed by atoms with Crippen LogP contribution in [0.2, 0.25) is 0 Å². The Labute approximate surface area is 152 Å². The van der Waals surface area contributed by atoms with Crippen molar-refractivity contribution >= 4 is 36.9 Å². The fourth-order valence-corrected chi connectivity index (χ4v) is 3.40. The van der Waals surface area contributed by atoms with Gasteiger partial charge >= 0.3 is 0 Å². The molecule has 1 aliphatic rings. The van der Waals surface area contributed by atoms with Crippen LogP contribution in [0.1, 0.15) is 30.4 Å². The predicted molar refractivity (Wildman–Crippen MR) is 108 cm³/mol. The third-order valence-corrected chi connectivity index (χ3v) is 4.73. The molecule has 2 atom stereocenters. The molecule has 2 aromatic rings. The number of para-hydroxylation sites is 2. The normalized spacial score (nSPS) is 17.8. The maximum atomic E-state index is 12.9. The van der Waals surface area contributed by atoms with E-state index in [0.717, 1.165) is 53.0 Å². The van der Waals surface area contributed by atoms with Gasteiger partial charge in [0.2, 0.25) is 0 Å². The van der Waals surface area contributed by atoms with Gasteiger partial charge in [0.15, 0.2) is 5.78 Å². The van der Waals surface area contributed by atoms with Gasteiger partial charge in [-0.05, 0) is 43.5 Å². The molecule has 3 nitrogen and oxygen atoms in total. The molecule has 2 aromatic carbocycles. The van der Waals surface area contributed by atoms with Crippen LogP contribution in [0.15, 0.2) is 59.7 Å². The van der Waals surface area contributed by atoms with E-state index < -0.39 is 0 Å². The van der Waals surface area contributed by atoms with Crippen molar-refractivity contribution < 1.29 is 13.8 Å². The Balaban J connectivity index is 1.93. The van der Waals surface area contributed by atoms with Crippen molar-refractivity contribution in [1.82, 2.24) is 0 Å². The summed E-state index contributed by atoms with van der Waals surface area (Å²) in [4.78, 5) is 12.9. The third kappa shape index (κ3) is 4.18. The van der Waals surface area contributed by atoms with Gasteiger partial charge in [-0.3, -0.25) is 4.79 Å². The van der Waals surface area contributed by atoms with E-state index in [2.05, 4.69) is 18.9 Å². The monoisotopic (exact) mass is 370 g/mol. The van der Waals surface area contributed by atoms with Crippen LogP contribution in [-0.4, -0.2) is 5.78 Å². The zero-order valence-corrected chi connectivity index (χ0v) is 16.1. The molecule has 1 fully saturated rings. The lowest BCUT2D eigenvalue weighted by Gasteiger charge is -2.17. The van der Waals surface area contributed by atoms with Gasteiger partial charge in [-0.2, -0.15) is 0 Å². The van der Waals surface area contributed by atoms with E-state index in [9.17, 15) is 4.79 Å². The zero-order valence-electron chi connectivity index (χ0n) is 13.8. The van der Waals surface area contributed by atoms with E-state index in [4.69, 9.17) is 9.05 Å². The molecule has 2 unspecified atom stereocenters. The molecule has 0 spiro atoms. The summed E-state index contributed by atoms with van der Waals surface area (Å²) in [6.45, 7) is 0. The fourth-order valence-electron chi connectivity index (χ4n) is 2.97. The minimum Gasteiger partial charge on any atom is -0.480 e. The zero-order chi connectivity index (χ0) is 17.6. The number of ketones is 1. The predicted octanol–water partition coefficient (Wildman–Crippen LogP) is 5.24. The molecule has 0 saturated heterocycles. The molecule has 1 aliphatic carbocycles.